The van der Waals surface area contributed by atoms with Crippen molar-refractivity contribution in [3.63, 3.8) is 0 Å². The average Bonchev–Trinajstić information content (AvgIpc) is 3.19. The number of ether oxygens (including phenoxy) is 1. The second-order valence-electron chi connectivity index (χ2n) is 8.54. The van der Waals surface area contributed by atoms with Crippen molar-refractivity contribution in [2.24, 2.45) is 7.05 Å². The van der Waals surface area contributed by atoms with Crippen LogP contribution in [0.3, 0.4) is 0 Å². The molecule has 1 aliphatic heterocycles. The summed E-state index contributed by atoms with van der Waals surface area (Å²) in [6, 6.07) is 8.63. The van der Waals surface area contributed by atoms with Crippen molar-refractivity contribution in [1.29, 1.82) is 0 Å². The number of aryl methyl sites for hydroxylation is 2. The summed E-state index contributed by atoms with van der Waals surface area (Å²) in [7, 11) is -1.65. The minimum atomic E-state index is -3.52. The van der Waals surface area contributed by atoms with Crippen LogP contribution in [-0.4, -0.2) is 45.3 Å². The lowest BCUT2D eigenvalue weighted by molar-refractivity contribution is -0.114. The number of hydrogen-bond donors (Lipinski definition) is 2. The van der Waals surface area contributed by atoms with Gasteiger partial charge in [-0.3, -0.25) is 9.48 Å². The maximum atomic E-state index is 12.1. The minimum absolute atomic E-state index is 0.0463. The van der Waals surface area contributed by atoms with E-state index < -0.39 is 9.84 Å². The molecule has 11 nitrogen and oxygen atoms in total. The number of sulfone groups is 1. The Morgan fingerprint density at radius 2 is 1.89 bits per heavy atom. The Labute approximate surface area is 207 Å². The van der Waals surface area contributed by atoms with E-state index in [1.54, 1.807) is 36.1 Å². The van der Waals surface area contributed by atoms with Crippen molar-refractivity contribution in [2.45, 2.75) is 25.5 Å². The summed E-state index contributed by atoms with van der Waals surface area (Å²) in [5, 5.41) is 10.1. The molecule has 4 aromatic heterocycles. The number of fused-ring (bicyclic) bond motifs is 3. The van der Waals surface area contributed by atoms with Gasteiger partial charge in [0.15, 0.2) is 14.9 Å². The quantitative estimate of drug-likeness (QED) is 0.418. The molecule has 36 heavy (non-hydrogen) atoms. The fourth-order valence-corrected chi connectivity index (χ4v) is 4.67. The molecule has 0 unspecified atom stereocenters. The lowest BCUT2D eigenvalue weighted by Gasteiger charge is -2.19. The Balaban J connectivity index is 1.60. The number of nitrogens with one attached hydrogen (secondary N) is 2. The van der Waals surface area contributed by atoms with E-state index in [2.05, 4.69) is 25.7 Å². The summed E-state index contributed by atoms with van der Waals surface area (Å²) in [4.78, 5) is 24.9. The molecule has 5 rings (SSSR count). The van der Waals surface area contributed by atoms with Crippen LogP contribution in [0, 0.1) is 6.92 Å². The number of aromatic nitrogens is 5. The fourth-order valence-electron chi connectivity index (χ4n) is 4.00. The van der Waals surface area contributed by atoms with Gasteiger partial charge in [0.1, 0.15) is 18.2 Å². The van der Waals surface area contributed by atoms with Gasteiger partial charge < -0.3 is 15.4 Å². The third-order valence-electron chi connectivity index (χ3n) is 5.57. The van der Waals surface area contributed by atoms with Crippen LogP contribution >= 0.6 is 0 Å². The van der Waals surface area contributed by atoms with E-state index in [0.717, 1.165) is 28.6 Å². The maximum absolute atomic E-state index is 12.1. The highest BCUT2D eigenvalue weighted by molar-refractivity contribution is 7.90. The zero-order valence-electron chi connectivity index (χ0n) is 20.0. The Morgan fingerprint density at radius 1 is 1.08 bits per heavy atom. The first-order valence-electron chi connectivity index (χ1n) is 11.0. The number of nitrogens with zero attached hydrogens (tertiary/aromatic N) is 5. The number of pyridine rings is 3. The van der Waals surface area contributed by atoms with E-state index in [4.69, 9.17) is 9.72 Å². The highest BCUT2D eigenvalue weighted by atomic mass is 32.2. The molecule has 4 aromatic rings. The normalized spacial score (nSPS) is 12.3. The van der Waals surface area contributed by atoms with Crippen LogP contribution in [0.1, 0.15) is 18.1 Å². The molecule has 0 atom stereocenters. The third kappa shape index (κ3) is 4.50. The molecule has 184 valence electrons. The minimum Gasteiger partial charge on any atom is -0.472 e. The second-order valence-corrected chi connectivity index (χ2v) is 10.5. The van der Waals surface area contributed by atoms with Crippen LogP contribution in [0.4, 0.5) is 17.3 Å². The molecule has 0 fully saturated rings. The Kier molecular flexibility index (Phi) is 5.67. The lowest BCUT2D eigenvalue weighted by atomic mass is 10.1. The van der Waals surface area contributed by atoms with Gasteiger partial charge in [0.05, 0.1) is 28.8 Å². The van der Waals surface area contributed by atoms with Crippen molar-refractivity contribution < 1.29 is 17.9 Å². The predicted octanol–water partition coefficient (Wildman–Crippen LogP) is 3.25. The van der Waals surface area contributed by atoms with Crippen LogP contribution in [0.25, 0.3) is 22.5 Å². The van der Waals surface area contributed by atoms with Gasteiger partial charge in [0.25, 0.3) is 0 Å². The molecule has 0 bridgehead atoms. The molecule has 1 amide bonds. The van der Waals surface area contributed by atoms with Gasteiger partial charge in [0, 0.05) is 43.6 Å². The van der Waals surface area contributed by atoms with E-state index in [9.17, 15) is 13.2 Å². The molecule has 0 radical (unpaired) electrons. The van der Waals surface area contributed by atoms with Gasteiger partial charge >= 0.3 is 0 Å². The summed E-state index contributed by atoms with van der Waals surface area (Å²) < 4.78 is 31.9. The van der Waals surface area contributed by atoms with Crippen molar-refractivity contribution in [3.05, 3.63) is 53.9 Å². The van der Waals surface area contributed by atoms with Gasteiger partial charge in [0.2, 0.25) is 11.8 Å². The molecule has 5 heterocycles. The highest BCUT2D eigenvalue weighted by Gasteiger charge is 2.23. The van der Waals surface area contributed by atoms with Crippen molar-refractivity contribution in [3.8, 4) is 28.4 Å². The van der Waals surface area contributed by atoms with E-state index in [0.29, 0.717) is 41.1 Å². The summed E-state index contributed by atoms with van der Waals surface area (Å²) in [6.07, 6.45) is 4.46. The fraction of sp³-hybridized carbons (Fsp3) is 0.208. The number of carbonyl (C=O) groups excluding carboxylic acids is 1. The molecule has 0 aliphatic carbocycles. The monoisotopic (exact) mass is 505 g/mol. The smallest absolute Gasteiger partial charge is 0.223 e. The van der Waals surface area contributed by atoms with Crippen molar-refractivity contribution in [2.75, 3.05) is 16.9 Å². The molecule has 0 spiro atoms. The molecule has 0 saturated carbocycles. The Bertz CT molecular complexity index is 1630. The summed E-state index contributed by atoms with van der Waals surface area (Å²) in [5.41, 5.74) is 5.18. The SMILES string of the molecule is CC(=O)Nc1cc(Nc2cc(C)cc(S(C)(=O)=O)n2)c(-c2ccc3c(n2)OCc2cnn(C)c2-3)cn1. The van der Waals surface area contributed by atoms with Crippen molar-refractivity contribution >= 4 is 33.1 Å². The second kappa shape index (κ2) is 8.72. The van der Waals surface area contributed by atoms with E-state index >= 15 is 0 Å². The standard InChI is InChI=1S/C24H23N7O4S/c1-13-7-21(30-22(8-13)36(4,33)34)28-19-9-20(27-14(2)32)25-11-17(19)18-6-5-16-23-15(10-26-31(23)3)12-35-24(16)29-18/h5-11H,12H2,1-4H3,(H2,25,27,28,30,32). The first kappa shape index (κ1) is 23.4. The largest absolute Gasteiger partial charge is 0.472 e. The van der Waals surface area contributed by atoms with E-state index in [-0.39, 0.29) is 10.9 Å². The zero-order chi connectivity index (χ0) is 25.6. The highest BCUT2D eigenvalue weighted by Crippen LogP contribution is 2.39. The summed E-state index contributed by atoms with van der Waals surface area (Å²) in [6.45, 7) is 3.53. The van der Waals surface area contributed by atoms with Crippen LogP contribution in [0.2, 0.25) is 0 Å². The maximum Gasteiger partial charge on any atom is 0.223 e. The molecule has 1 aliphatic rings. The Hall–Kier alpha value is -4.32. The van der Waals surface area contributed by atoms with Crippen LogP contribution in [0.5, 0.6) is 5.88 Å². The molecular formula is C24H23N7O4S. The molecular weight excluding hydrogens is 482 g/mol. The third-order valence-corrected chi connectivity index (χ3v) is 6.54. The Morgan fingerprint density at radius 3 is 2.64 bits per heavy atom. The molecule has 0 saturated heterocycles. The number of anilines is 3. The van der Waals surface area contributed by atoms with Crippen molar-refractivity contribution in [1.82, 2.24) is 24.7 Å². The summed E-state index contributed by atoms with van der Waals surface area (Å²) in [5.74, 6) is 0.832. The van der Waals surface area contributed by atoms with Crippen LogP contribution in [-0.2, 0) is 28.3 Å². The molecule has 2 N–H and O–H groups in total. The average molecular weight is 506 g/mol. The number of amides is 1. The van der Waals surface area contributed by atoms with Gasteiger partial charge in [-0.15, -0.1) is 0 Å². The first-order valence-corrected chi connectivity index (χ1v) is 12.9. The summed E-state index contributed by atoms with van der Waals surface area (Å²) >= 11 is 0. The first-order chi connectivity index (χ1) is 17.1. The van der Waals surface area contributed by atoms with Gasteiger partial charge in [-0.05, 0) is 36.8 Å². The number of rotatable bonds is 5. The van der Waals surface area contributed by atoms with Crippen LogP contribution in [0.15, 0.2) is 47.8 Å². The lowest BCUT2D eigenvalue weighted by Crippen LogP contribution is -2.10. The predicted molar refractivity (Wildman–Crippen MR) is 134 cm³/mol. The topological polar surface area (TPSA) is 141 Å². The number of carbonyl (C=O) groups is 1. The van der Waals surface area contributed by atoms with E-state index in [1.807, 2.05) is 19.2 Å². The van der Waals surface area contributed by atoms with Gasteiger partial charge in [-0.2, -0.15) is 5.10 Å². The number of hydrogen-bond acceptors (Lipinski definition) is 9. The van der Waals surface area contributed by atoms with Gasteiger partial charge in [-0.25, -0.2) is 23.4 Å². The van der Waals surface area contributed by atoms with Gasteiger partial charge in [-0.1, -0.05) is 0 Å². The molecule has 0 aromatic carbocycles. The van der Waals surface area contributed by atoms with Crippen LogP contribution < -0.4 is 15.4 Å². The molecule has 12 heteroatoms. The zero-order valence-corrected chi connectivity index (χ0v) is 20.8. The van der Waals surface area contributed by atoms with E-state index in [1.165, 1.54) is 13.0 Å².